The van der Waals surface area contributed by atoms with E-state index in [0.29, 0.717) is 13.1 Å². The van der Waals surface area contributed by atoms with Crippen molar-refractivity contribution in [2.75, 3.05) is 26.8 Å². The van der Waals surface area contributed by atoms with E-state index in [1.165, 1.54) is 18.0 Å². The number of hydrogen-bond donors (Lipinski definition) is 2. The molecule has 0 spiro atoms. The molecule has 1 aliphatic rings. The lowest BCUT2D eigenvalue weighted by atomic mass is 10.1. The molecule has 1 aromatic heterocycles. The quantitative estimate of drug-likeness (QED) is 0.655. The number of carboxylic acids is 1. The van der Waals surface area contributed by atoms with E-state index in [1.807, 2.05) is 0 Å². The molecule has 1 aliphatic heterocycles. The number of carbonyl (C=O) groups excluding carboxylic acids is 1. The second-order valence-corrected chi connectivity index (χ2v) is 4.35. The molecule has 0 bridgehead atoms. The highest BCUT2D eigenvalue weighted by atomic mass is 16.5. The molecule has 0 radical (unpaired) electrons. The van der Waals surface area contributed by atoms with E-state index in [0.717, 1.165) is 0 Å². The SMILES string of the molecule is COCC(N)C(=O)N1CC(n2cc(C(=O)O)nn2)C1. The summed E-state index contributed by atoms with van der Waals surface area (Å²) < 4.78 is 6.27. The molecule has 0 saturated carbocycles. The van der Waals surface area contributed by atoms with Crippen LogP contribution in [0.3, 0.4) is 0 Å². The molecule has 9 nitrogen and oxygen atoms in total. The average molecular weight is 269 g/mol. The number of hydrogen-bond acceptors (Lipinski definition) is 6. The van der Waals surface area contributed by atoms with E-state index >= 15 is 0 Å². The Morgan fingerprint density at radius 2 is 2.32 bits per heavy atom. The van der Waals surface area contributed by atoms with Gasteiger partial charge in [0.05, 0.1) is 18.8 Å². The summed E-state index contributed by atoms with van der Waals surface area (Å²) in [4.78, 5) is 24.0. The summed E-state index contributed by atoms with van der Waals surface area (Å²) in [5.74, 6) is -1.31. The van der Waals surface area contributed by atoms with E-state index in [-0.39, 0.29) is 24.2 Å². The summed E-state index contributed by atoms with van der Waals surface area (Å²) in [7, 11) is 1.48. The third-order valence-corrected chi connectivity index (χ3v) is 2.94. The number of carboxylic acid groups (broad SMARTS) is 1. The molecule has 1 saturated heterocycles. The van der Waals surface area contributed by atoms with Gasteiger partial charge in [0.25, 0.3) is 0 Å². The highest BCUT2D eigenvalue weighted by Gasteiger charge is 2.35. The monoisotopic (exact) mass is 269 g/mol. The normalized spacial score (nSPS) is 17.1. The lowest BCUT2D eigenvalue weighted by molar-refractivity contribution is -0.139. The molecule has 9 heteroatoms. The maximum atomic E-state index is 11.8. The zero-order valence-electron chi connectivity index (χ0n) is 10.4. The van der Waals surface area contributed by atoms with E-state index in [9.17, 15) is 9.59 Å². The Labute approximate surface area is 108 Å². The van der Waals surface area contributed by atoms with Crippen LogP contribution in [0, 0.1) is 0 Å². The lowest BCUT2D eigenvalue weighted by Crippen LogP contribution is -2.56. The van der Waals surface area contributed by atoms with E-state index in [4.69, 9.17) is 15.6 Å². The Balaban J connectivity index is 1.88. The van der Waals surface area contributed by atoms with Crippen LogP contribution in [0.15, 0.2) is 6.20 Å². The Hall–Kier alpha value is -2.00. The van der Waals surface area contributed by atoms with E-state index in [2.05, 4.69) is 10.3 Å². The summed E-state index contributed by atoms with van der Waals surface area (Å²) in [5.41, 5.74) is 5.53. The molecule has 2 rings (SSSR count). The molecule has 1 atom stereocenters. The predicted molar refractivity (Wildman–Crippen MR) is 62.4 cm³/mol. The van der Waals surface area contributed by atoms with Crippen LogP contribution in [0.25, 0.3) is 0 Å². The van der Waals surface area contributed by atoms with Crippen LogP contribution >= 0.6 is 0 Å². The van der Waals surface area contributed by atoms with Gasteiger partial charge in [-0.05, 0) is 0 Å². The van der Waals surface area contributed by atoms with Crippen LogP contribution < -0.4 is 5.73 Å². The highest BCUT2D eigenvalue weighted by molar-refractivity contribution is 5.84. The summed E-state index contributed by atoms with van der Waals surface area (Å²) in [6, 6.07) is -0.726. The highest BCUT2D eigenvalue weighted by Crippen LogP contribution is 2.20. The summed E-state index contributed by atoms with van der Waals surface area (Å²) in [6.45, 7) is 1.06. The largest absolute Gasteiger partial charge is 0.476 e. The number of likely N-dealkylation sites (tertiary alicyclic amines) is 1. The minimum Gasteiger partial charge on any atom is -0.476 e. The van der Waals surface area contributed by atoms with Crippen molar-refractivity contribution >= 4 is 11.9 Å². The maximum Gasteiger partial charge on any atom is 0.358 e. The number of ether oxygens (including phenoxy) is 1. The number of rotatable bonds is 5. The molecule has 0 aromatic carbocycles. The first kappa shape index (κ1) is 13.4. The zero-order chi connectivity index (χ0) is 14.0. The van der Waals surface area contributed by atoms with Gasteiger partial charge in [0, 0.05) is 20.2 Å². The number of nitrogens with zero attached hydrogens (tertiary/aromatic N) is 4. The molecule has 1 aromatic rings. The summed E-state index contributed by atoms with van der Waals surface area (Å²) >= 11 is 0. The van der Waals surface area contributed by atoms with Crippen molar-refractivity contribution in [2.45, 2.75) is 12.1 Å². The van der Waals surface area contributed by atoms with Crippen LogP contribution in [0.1, 0.15) is 16.5 Å². The van der Waals surface area contributed by atoms with Gasteiger partial charge in [-0.2, -0.15) is 0 Å². The van der Waals surface area contributed by atoms with E-state index in [1.54, 1.807) is 4.90 Å². The molecular formula is C10H15N5O4. The summed E-state index contributed by atoms with van der Waals surface area (Å²) in [6.07, 6.45) is 1.35. The second kappa shape index (κ2) is 5.33. The molecular weight excluding hydrogens is 254 g/mol. The Morgan fingerprint density at radius 3 is 2.84 bits per heavy atom. The minimum absolute atomic E-state index is 0.0562. The van der Waals surface area contributed by atoms with Gasteiger partial charge in [-0.1, -0.05) is 5.21 Å². The van der Waals surface area contributed by atoms with Crippen molar-refractivity contribution in [1.29, 1.82) is 0 Å². The fourth-order valence-electron chi connectivity index (χ4n) is 1.84. The van der Waals surface area contributed by atoms with Crippen LogP contribution in [-0.4, -0.2) is 69.7 Å². The van der Waals surface area contributed by atoms with Crippen molar-refractivity contribution < 1.29 is 19.4 Å². The fraction of sp³-hybridized carbons (Fsp3) is 0.600. The fourth-order valence-corrected chi connectivity index (χ4v) is 1.84. The van der Waals surface area contributed by atoms with Gasteiger partial charge in [0.2, 0.25) is 5.91 Å². The Kier molecular flexibility index (Phi) is 3.76. The van der Waals surface area contributed by atoms with Gasteiger partial charge in [0.1, 0.15) is 6.04 Å². The smallest absolute Gasteiger partial charge is 0.358 e. The first-order valence-electron chi connectivity index (χ1n) is 5.71. The molecule has 19 heavy (non-hydrogen) atoms. The number of methoxy groups -OCH3 is 1. The predicted octanol–water partition coefficient (Wildman–Crippen LogP) is -1.67. The lowest BCUT2D eigenvalue weighted by Gasteiger charge is -2.39. The second-order valence-electron chi connectivity index (χ2n) is 4.35. The Bertz CT molecular complexity index is 482. The first-order valence-corrected chi connectivity index (χ1v) is 5.71. The van der Waals surface area contributed by atoms with Gasteiger partial charge >= 0.3 is 5.97 Å². The van der Waals surface area contributed by atoms with Crippen molar-refractivity contribution in [3.05, 3.63) is 11.9 Å². The molecule has 1 unspecified atom stereocenters. The van der Waals surface area contributed by atoms with Crippen molar-refractivity contribution in [2.24, 2.45) is 5.73 Å². The van der Waals surface area contributed by atoms with Gasteiger partial charge in [-0.15, -0.1) is 5.10 Å². The third-order valence-electron chi connectivity index (χ3n) is 2.94. The Morgan fingerprint density at radius 1 is 1.63 bits per heavy atom. The zero-order valence-corrected chi connectivity index (χ0v) is 10.4. The van der Waals surface area contributed by atoms with Gasteiger partial charge in [0.15, 0.2) is 5.69 Å². The molecule has 0 aliphatic carbocycles. The van der Waals surface area contributed by atoms with Crippen molar-refractivity contribution in [1.82, 2.24) is 19.9 Å². The molecule has 3 N–H and O–H groups in total. The van der Waals surface area contributed by atoms with Gasteiger partial charge in [-0.25, -0.2) is 9.48 Å². The van der Waals surface area contributed by atoms with E-state index < -0.39 is 12.0 Å². The van der Waals surface area contributed by atoms with Crippen molar-refractivity contribution in [3.8, 4) is 0 Å². The van der Waals surface area contributed by atoms with Crippen LogP contribution in [0.4, 0.5) is 0 Å². The number of nitrogens with two attached hydrogens (primary N) is 1. The third kappa shape index (κ3) is 2.71. The average Bonchev–Trinajstić information content (AvgIpc) is 2.76. The van der Waals surface area contributed by atoms with Gasteiger partial charge in [-0.3, -0.25) is 4.79 Å². The van der Waals surface area contributed by atoms with Crippen LogP contribution in [-0.2, 0) is 9.53 Å². The first-order chi connectivity index (χ1) is 9.02. The standard InChI is InChI=1S/C10H15N5O4/c1-19-5-7(11)9(16)14-2-6(3-14)15-4-8(10(17)18)12-13-15/h4,6-7H,2-3,5,11H2,1H3,(H,17,18). The molecule has 1 amide bonds. The number of carbonyl (C=O) groups is 2. The topological polar surface area (TPSA) is 124 Å². The molecule has 2 heterocycles. The maximum absolute atomic E-state index is 11.8. The summed E-state index contributed by atoms with van der Waals surface area (Å²) in [5, 5.41) is 16.0. The van der Waals surface area contributed by atoms with Gasteiger partial charge < -0.3 is 20.5 Å². The van der Waals surface area contributed by atoms with Crippen molar-refractivity contribution in [3.63, 3.8) is 0 Å². The molecule has 104 valence electrons. The van der Waals surface area contributed by atoms with Crippen LogP contribution in [0.5, 0.6) is 0 Å². The number of aromatic nitrogens is 3. The number of amides is 1. The minimum atomic E-state index is -1.12. The molecule has 1 fully saturated rings. The number of aromatic carboxylic acids is 1. The van der Waals surface area contributed by atoms with Crippen LogP contribution in [0.2, 0.25) is 0 Å².